The molecule has 0 fully saturated rings. The summed E-state index contributed by atoms with van der Waals surface area (Å²) < 4.78 is 4.82. The highest BCUT2D eigenvalue weighted by molar-refractivity contribution is 5.86. The third kappa shape index (κ3) is 3.73. The lowest BCUT2D eigenvalue weighted by molar-refractivity contribution is 0.0660. The molecule has 1 rings (SSSR count). The Morgan fingerprint density at radius 2 is 2.40 bits per heavy atom. The molecule has 0 saturated heterocycles. The normalized spacial score (nSPS) is 12.7. The summed E-state index contributed by atoms with van der Waals surface area (Å²) >= 11 is 0. The smallest absolute Gasteiger partial charge is 0.372 e. The number of aliphatic hydroxyl groups is 1. The summed E-state index contributed by atoms with van der Waals surface area (Å²) in [6.45, 7) is 2.79. The number of aromatic carboxylic acids is 1. The molecule has 0 spiro atoms. The predicted molar refractivity (Wildman–Crippen MR) is 53.7 cm³/mol. The lowest BCUT2D eigenvalue weighted by atomic mass is 10.2. The lowest BCUT2D eigenvalue weighted by Gasteiger charge is -2.05. The Balaban J connectivity index is 2.37. The van der Waals surface area contributed by atoms with Crippen molar-refractivity contribution in [3.8, 4) is 0 Å². The number of rotatable bonds is 6. The molecule has 0 aliphatic heterocycles. The van der Waals surface area contributed by atoms with Crippen LogP contribution in [0.5, 0.6) is 0 Å². The summed E-state index contributed by atoms with van der Waals surface area (Å²) in [6, 6.07) is 1.62. The van der Waals surface area contributed by atoms with Crippen LogP contribution in [0.25, 0.3) is 0 Å². The largest absolute Gasteiger partial charge is 0.475 e. The maximum atomic E-state index is 10.7. The molecule has 1 atom stereocenters. The molecule has 0 aliphatic rings. The van der Waals surface area contributed by atoms with Gasteiger partial charge in [0.2, 0.25) is 5.76 Å². The summed E-state index contributed by atoms with van der Waals surface area (Å²) in [5.41, 5.74) is 0.619. The number of carboxylic acid groups (broad SMARTS) is 1. The minimum atomic E-state index is -1.06. The van der Waals surface area contributed by atoms with Crippen molar-refractivity contribution in [2.45, 2.75) is 26.0 Å². The second-order valence-corrected chi connectivity index (χ2v) is 3.39. The quantitative estimate of drug-likeness (QED) is 0.610. The minimum Gasteiger partial charge on any atom is -0.475 e. The number of aliphatic hydroxyl groups excluding tert-OH is 1. The van der Waals surface area contributed by atoms with Crippen molar-refractivity contribution in [2.75, 3.05) is 6.54 Å². The highest BCUT2D eigenvalue weighted by Gasteiger charge is 2.12. The Morgan fingerprint density at radius 1 is 1.67 bits per heavy atom. The van der Waals surface area contributed by atoms with Gasteiger partial charge in [-0.05, 0) is 26.0 Å². The molecule has 0 radical (unpaired) electrons. The zero-order valence-corrected chi connectivity index (χ0v) is 8.56. The Morgan fingerprint density at radius 3 is 3.00 bits per heavy atom. The third-order valence-electron chi connectivity index (χ3n) is 2.00. The predicted octanol–water partition coefficient (Wildman–Crippen LogP) is 0.838. The van der Waals surface area contributed by atoms with Crippen molar-refractivity contribution in [2.24, 2.45) is 0 Å². The number of nitrogens with one attached hydrogen (secondary N) is 1. The molecular formula is C10H15NO4. The van der Waals surface area contributed by atoms with Gasteiger partial charge >= 0.3 is 5.97 Å². The van der Waals surface area contributed by atoms with Crippen LogP contribution in [0.2, 0.25) is 0 Å². The van der Waals surface area contributed by atoms with Gasteiger partial charge in [0, 0.05) is 12.1 Å². The summed E-state index contributed by atoms with van der Waals surface area (Å²) in [6.07, 6.45) is 1.65. The van der Waals surface area contributed by atoms with E-state index in [0.717, 1.165) is 0 Å². The molecule has 0 saturated carbocycles. The van der Waals surface area contributed by atoms with Gasteiger partial charge in [-0.2, -0.15) is 0 Å². The van der Waals surface area contributed by atoms with Gasteiger partial charge in [-0.3, -0.25) is 0 Å². The standard InChI is InChI=1S/C10H15NO4/c1-7(12)2-4-11-6-8-3-5-15-9(8)10(13)14/h3,5,7,11-12H,2,4,6H2,1H3,(H,13,14). The zero-order valence-electron chi connectivity index (χ0n) is 8.56. The molecule has 1 aromatic heterocycles. The average Bonchev–Trinajstić information content (AvgIpc) is 2.60. The van der Waals surface area contributed by atoms with Crippen LogP contribution in [-0.2, 0) is 6.54 Å². The lowest BCUT2D eigenvalue weighted by Crippen LogP contribution is -2.19. The van der Waals surface area contributed by atoms with Crippen LogP contribution >= 0.6 is 0 Å². The topological polar surface area (TPSA) is 82.7 Å². The van der Waals surface area contributed by atoms with E-state index in [1.165, 1.54) is 6.26 Å². The first-order valence-corrected chi connectivity index (χ1v) is 4.79. The van der Waals surface area contributed by atoms with Crippen LogP contribution in [0.4, 0.5) is 0 Å². The third-order valence-corrected chi connectivity index (χ3v) is 2.00. The molecule has 1 heterocycles. The molecule has 84 valence electrons. The van der Waals surface area contributed by atoms with Crippen LogP contribution in [0.3, 0.4) is 0 Å². The molecule has 0 bridgehead atoms. The maximum Gasteiger partial charge on any atom is 0.372 e. The van der Waals surface area contributed by atoms with E-state index in [9.17, 15) is 4.79 Å². The Hall–Kier alpha value is -1.33. The Bertz CT molecular complexity index is 319. The minimum absolute atomic E-state index is 0.0282. The van der Waals surface area contributed by atoms with Crippen LogP contribution in [0.15, 0.2) is 16.7 Å². The van der Waals surface area contributed by atoms with E-state index in [4.69, 9.17) is 14.6 Å². The van der Waals surface area contributed by atoms with Crippen LogP contribution < -0.4 is 5.32 Å². The molecule has 5 nitrogen and oxygen atoms in total. The first-order chi connectivity index (χ1) is 7.11. The van der Waals surface area contributed by atoms with Crippen molar-refractivity contribution in [3.63, 3.8) is 0 Å². The molecule has 1 aromatic rings. The van der Waals surface area contributed by atoms with E-state index in [1.54, 1.807) is 13.0 Å². The monoisotopic (exact) mass is 213 g/mol. The summed E-state index contributed by atoms with van der Waals surface area (Å²) in [5, 5.41) is 20.8. The molecule has 0 amide bonds. The van der Waals surface area contributed by atoms with Gasteiger partial charge in [0.1, 0.15) is 0 Å². The molecular weight excluding hydrogens is 198 g/mol. The first-order valence-electron chi connectivity index (χ1n) is 4.79. The Labute approximate surface area is 87.7 Å². The van der Waals surface area contributed by atoms with E-state index in [2.05, 4.69) is 5.32 Å². The number of hydrogen-bond acceptors (Lipinski definition) is 4. The fraction of sp³-hybridized carbons (Fsp3) is 0.500. The van der Waals surface area contributed by atoms with Crippen molar-refractivity contribution < 1.29 is 19.4 Å². The SMILES string of the molecule is CC(O)CCNCc1ccoc1C(=O)O. The van der Waals surface area contributed by atoms with Crippen LogP contribution in [0.1, 0.15) is 29.5 Å². The number of hydrogen-bond donors (Lipinski definition) is 3. The van der Waals surface area contributed by atoms with Crippen molar-refractivity contribution >= 4 is 5.97 Å². The number of carbonyl (C=O) groups is 1. The van der Waals surface area contributed by atoms with Gasteiger partial charge < -0.3 is 19.9 Å². The van der Waals surface area contributed by atoms with E-state index in [-0.39, 0.29) is 11.9 Å². The zero-order chi connectivity index (χ0) is 11.3. The molecule has 1 unspecified atom stereocenters. The fourth-order valence-corrected chi connectivity index (χ4v) is 1.20. The second-order valence-electron chi connectivity index (χ2n) is 3.39. The Kier molecular flexibility index (Phi) is 4.33. The summed E-state index contributed by atoms with van der Waals surface area (Å²) in [5.74, 6) is -1.09. The molecule has 0 aromatic carbocycles. The first kappa shape index (κ1) is 11.7. The highest BCUT2D eigenvalue weighted by atomic mass is 16.4. The van der Waals surface area contributed by atoms with Gasteiger partial charge in [-0.1, -0.05) is 0 Å². The molecule has 3 N–H and O–H groups in total. The molecule has 0 aliphatic carbocycles. The van der Waals surface area contributed by atoms with Gasteiger partial charge in [0.15, 0.2) is 0 Å². The highest BCUT2D eigenvalue weighted by Crippen LogP contribution is 2.09. The van der Waals surface area contributed by atoms with Crippen molar-refractivity contribution in [1.82, 2.24) is 5.32 Å². The van der Waals surface area contributed by atoms with E-state index < -0.39 is 5.97 Å². The summed E-state index contributed by atoms with van der Waals surface area (Å²) in [4.78, 5) is 10.7. The van der Waals surface area contributed by atoms with E-state index >= 15 is 0 Å². The van der Waals surface area contributed by atoms with Gasteiger partial charge in [-0.15, -0.1) is 0 Å². The van der Waals surface area contributed by atoms with Crippen molar-refractivity contribution in [1.29, 1.82) is 0 Å². The van der Waals surface area contributed by atoms with Gasteiger partial charge in [-0.25, -0.2) is 4.79 Å². The molecule has 5 heteroatoms. The van der Waals surface area contributed by atoms with Crippen molar-refractivity contribution in [3.05, 3.63) is 23.7 Å². The number of carboxylic acids is 1. The van der Waals surface area contributed by atoms with E-state index in [0.29, 0.717) is 25.1 Å². The molecule has 15 heavy (non-hydrogen) atoms. The van der Waals surface area contributed by atoms with Gasteiger partial charge in [0.25, 0.3) is 0 Å². The van der Waals surface area contributed by atoms with Gasteiger partial charge in [0.05, 0.1) is 12.4 Å². The van der Waals surface area contributed by atoms with Crippen LogP contribution in [-0.4, -0.2) is 28.8 Å². The van der Waals surface area contributed by atoms with E-state index in [1.807, 2.05) is 0 Å². The second kappa shape index (κ2) is 5.53. The van der Waals surface area contributed by atoms with Crippen LogP contribution in [0, 0.1) is 0 Å². The number of furan rings is 1. The fourth-order valence-electron chi connectivity index (χ4n) is 1.20. The average molecular weight is 213 g/mol. The maximum absolute atomic E-state index is 10.7. The summed E-state index contributed by atoms with van der Waals surface area (Å²) in [7, 11) is 0.